The molecule has 9 heavy (non-hydrogen) atoms. The zero-order valence-electron chi connectivity index (χ0n) is 6.01. The van der Waals surface area contributed by atoms with Crippen molar-refractivity contribution in [2.75, 3.05) is 0 Å². The molecule has 0 aromatic rings. The van der Waals surface area contributed by atoms with E-state index < -0.39 is 6.10 Å². The molecule has 0 heterocycles. The van der Waals surface area contributed by atoms with Crippen LogP contribution in [0, 0.1) is 6.58 Å². The first-order chi connectivity index (χ1) is 4.31. The molecule has 0 aliphatic rings. The summed E-state index contributed by atoms with van der Waals surface area (Å²) in [5.74, 6) is 0. The number of hydrogen-bond donors (Lipinski definition) is 1. The van der Waals surface area contributed by atoms with Crippen LogP contribution in [0.1, 0.15) is 32.6 Å². The van der Waals surface area contributed by atoms with Crippen LogP contribution in [0.3, 0.4) is 0 Å². The standard InChI is InChI=1S/C8H15O/c1-3-5-6-7-8(9)4-2/h2,4,8-9H,3,5-7H2,1H3/t8-/m0/s1. The predicted molar refractivity (Wildman–Crippen MR) is 39.0 cm³/mol. The van der Waals surface area contributed by atoms with E-state index in [4.69, 9.17) is 11.7 Å². The van der Waals surface area contributed by atoms with Gasteiger partial charge in [-0.15, -0.1) is 0 Å². The Hall–Kier alpha value is -0.300. The summed E-state index contributed by atoms with van der Waals surface area (Å²) in [6.45, 7) is 7.22. The van der Waals surface area contributed by atoms with E-state index in [1.807, 2.05) is 0 Å². The third kappa shape index (κ3) is 5.57. The van der Waals surface area contributed by atoms with Crippen molar-refractivity contribution in [3.63, 3.8) is 0 Å². The highest BCUT2D eigenvalue weighted by atomic mass is 16.3. The van der Waals surface area contributed by atoms with Gasteiger partial charge in [-0.1, -0.05) is 38.8 Å². The number of hydrogen-bond acceptors (Lipinski definition) is 1. The fourth-order valence-corrected chi connectivity index (χ4v) is 0.700. The highest BCUT2D eigenvalue weighted by Crippen LogP contribution is 2.02. The van der Waals surface area contributed by atoms with Crippen molar-refractivity contribution in [3.8, 4) is 0 Å². The van der Waals surface area contributed by atoms with Gasteiger partial charge < -0.3 is 5.11 Å². The maximum atomic E-state index is 8.90. The minimum atomic E-state index is -0.392. The molecule has 53 valence electrons. The molecule has 0 amide bonds. The summed E-state index contributed by atoms with van der Waals surface area (Å²) in [5, 5.41) is 8.90. The van der Waals surface area contributed by atoms with E-state index in [-0.39, 0.29) is 0 Å². The molecule has 1 N–H and O–H groups in total. The minimum Gasteiger partial charge on any atom is -0.389 e. The molecule has 0 saturated heterocycles. The summed E-state index contributed by atoms with van der Waals surface area (Å²) in [6.07, 6.45) is 5.21. The van der Waals surface area contributed by atoms with Crippen molar-refractivity contribution in [2.24, 2.45) is 0 Å². The zero-order chi connectivity index (χ0) is 7.11. The summed E-state index contributed by atoms with van der Waals surface area (Å²) in [7, 11) is 0. The van der Waals surface area contributed by atoms with Gasteiger partial charge in [0.05, 0.1) is 6.10 Å². The van der Waals surface area contributed by atoms with Gasteiger partial charge in [-0.05, 0) is 6.42 Å². The second-order valence-electron chi connectivity index (χ2n) is 2.26. The van der Waals surface area contributed by atoms with Crippen molar-refractivity contribution in [3.05, 3.63) is 12.7 Å². The van der Waals surface area contributed by atoms with Gasteiger partial charge in [0.15, 0.2) is 0 Å². The average Bonchev–Trinajstić information content (AvgIpc) is 1.89. The maximum absolute atomic E-state index is 8.90. The van der Waals surface area contributed by atoms with E-state index in [2.05, 4.69) is 6.92 Å². The average molecular weight is 127 g/mol. The molecule has 1 radical (unpaired) electrons. The zero-order valence-corrected chi connectivity index (χ0v) is 6.01. The number of aliphatic hydroxyl groups is 1. The SMILES string of the molecule is [CH]=C[C@H](O)CCCCC. The molecule has 0 aliphatic heterocycles. The highest BCUT2D eigenvalue weighted by Gasteiger charge is 1.94. The van der Waals surface area contributed by atoms with Crippen molar-refractivity contribution in [2.45, 2.75) is 38.7 Å². The molecule has 1 nitrogen and oxygen atoms in total. The lowest BCUT2D eigenvalue weighted by atomic mass is 10.1. The van der Waals surface area contributed by atoms with Crippen molar-refractivity contribution < 1.29 is 5.11 Å². The van der Waals surface area contributed by atoms with Gasteiger partial charge in [-0.3, -0.25) is 0 Å². The van der Waals surface area contributed by atoms with Crippen LogP contribution in [-0.4, -0.2) is 11.2 Å². The monoisotopic (exact) mass is 127 g/mol. The lowest BCUT2D eigenvalue weighted by molar-refractivity contribution is 0.208. The van der Waals surface area contributed by atoms with Gasteiger partial charge in [0.25, 0.3) is 0 Å². The molecule has 0 spiro atoms. The molecule has 0 aromatic carbocycles. The second kappa shape index (κ2) is 5.83. The van der Waals surface area contributed by atoms with E-state index >= 15 is 0 Å². The summed E-state index contributed by atoms with van der Waals surface area (Å²) in [4.78, 5) is 0. The van der Waals surface area contributed by atoms with Crippen LogP contribution >= 0.6 is 0 Å². The van der Waals surface area contributed by atoms with Crippen LogP contribution in [0.5, 0.6) is 0 Å². The summed E-state index contributed by atoms with van der Waals surface area (Å²) in [5.41, 5.74) is 0. The van der Waals surface area contributed by atoms with Gasteiger partial charge in [-0.2, -0.15) is 0 Å². The lowest BCUT2D eigenvalue weighted by Gasteiger charge is -2.01. The van der Waals surface area contributed by atoms with E-state index in [0.29, 0.717) is 0 Å². The molecule has 0 unspecified atom stereocenters. The minimum absolute atomic E-state index is 0.392. The van der Waals surface area contributed by atoms with Crippen LogP contribution in [0.4, 0.5) is 0 Å². The molecule has 0 bridgehead atoms. The van der Waals surface area contributed by atoms with Crippen LogP contribution in [-0.2, 0) is 0 Å². The highest BCUT2D eigenvalue weighted by molar-refractivity contribution is 4.74. The Balaban J connectivity index is 2.96. The van der Waals surface area contributed by atoms with Crippen molar-refractivity contribution >= 4 is 0 Å². The molecule has 0 saturated carbocycles. The Morgan fingerprint density at radius 2 is 2.22 bits per heavy atom. The van der Waals surface area contributed by atoms with Crippen LogP contribution in [0.25, 0.3) is 0 Å². The third-order valence-corrected chi connectivity index (χ3v) is 1.33. The van der Waals surface area contributed by atoms with Gasteiger partial charge in [0.1, 0.15) is 0 Å². The van der Waals surface area contributed by atoms with E-state index in [1.165, 1.54) is 18.9 Å². The fraction of sp³-hybridized carbons (Fsp3) is 0.750. The molecular formula is C8H15O. The van der Waals surface area contributed by atoms with Crippen LogP contribution in [0.2, 0.25) is 0 Å². The Bertz CT molecular complexity index is 69.0. The normalized spacial score (nSPS) is 13.1. The number of aliphatic hydroxyl groups excluding tert-OH is 1. The number of unbranched alkanes of at least 4 members (excludes halogenated alkanes) is 2. The molecule has 0 aromatic heterocycles. The molecule has 0 aliphatic carbocycles. The fourth-order valence-electron chi connectivity index (χ4n) is 0.700. The van der Waals surface area contributed by atoms with Crippen LogP contribution < -0.4 is 0 Å². The Morgan fingerprint density at radius 3 is 2.67 bits per heavy atom. The predicted octanol–water partition coefficient (Wildman–Crippen LogP) is 1.92. The van der Waals surface area contributed by atoms with Crippen molar-refractivity contribution in [1.29, 1.82) is 0 Å². The summed E-state index contributed by atoms with van der Waals surface area (Å²) >= 11 is 0. The van der Waals surface area contributed by atoms with Crippen molar-refractivity contribution in [1.82, 2.24) is 0 Å². The first-order valence-electron chi connectivity index (χ1n) is 3.54. The Labute approximate surface area is 57.4 Å². The molecule has 1 heteroatoms. The molecular weight excluding hydrogens is 112 g/mol. The first-order valence-corrected chi connectivity index (χ1v) is 3.54. The smallest absolute Gasteiger partial charge is 0.0723 e. The summed E-state index contributed by atoms with van der Waals surface area (Å²) < 4.78 is 0. The van der Waals surface area contributed by atoms with E-state index in [0.717, 1.165) is 12.8 Å². The Kier molecular flexibility index (Phi) is 5.64. The first kappa shape index (κ1) is 8.70. The van der Waals surface area contributed by atoms with Gasteiger partial charge in [0, 0.05) is 0 Å². The van der Waals surface area contributed by atoms with Gasteiger partial charge >= 0.3 is 0 Å². The second-order valence-corrected chi connectivity index (χ2v) is 2.26. The Morgan fingerprint density at radius 1 is 1.56 bits per heavy atom. The maximum Gasteiger partial charge on any atom is 0.0723 e. The number of rotatable bonds is 5. The van der Waals surface area contributed by atoms with Gasteiger partial charge in [0.2, 0.25) is 0 Å². The quantitative estimate of drug-likeness (QED) is 0.559. The largest absolute Gasteiger partial charge is 0.389 e. The summed E-state index contributed by atoms with van der Waals surface area (Å²) in [6, 6.07) is 0. The third-order valence-electron chi connectivity index (χ3n) is 1.33. The van der Waals surface area contributed by atoms with Crippen LogP contribution in [0.15, 0.2) is 6.08 Å². The molecule has 0 rings (SSSR count). The van der Waals surface area contributed by atoms with E-state index in [1.54, 1.807) is 0 Å². The van der Waals surface area contributed by atoms with E-state index in [9.17, 15) is 0 Å². The van der Waals surface area contributed by atoms with Gasteiger partial charge in [-0.25, -0.2) is 0 Å². The lowest BCUT2D eigenvalue weighted by Crippen LogP contribution is -1.99. The molecule has 0 fully saturated rings. The topological polar surface area (TPSA) is 20.2 Å². The molecule has 1 atom stereocenters.